The van der Waals surface area contributed by atoms with Crippen LogP contribution in [0.25, 0.3) is 0 Å². The molecule has 4 unspecified atom stereocenters. The van der Waals surface area contributed by atoms with Crippen LogP contribution in [0.4, 0.5) is 0 Å². The molecule has 1 aromatic heterocycles. The van der Waals surface area contributed by atoms with E-state index in [4.69, 9.17) is 0 Å². The minimum atomic E-state index is -0.115. The Labute approximate surface area is 211 Å². The summed E-state index contributed by atoms with van der Waals surface area (Å²) in [4.78, 5) is 43.0. The number of allylic oxidation sites excluding steroid dienone is 2. The second kappa shape index (κ2) is 11.3. The van der Waals surface area contributed by atoms with Crippen molar-refractivity contribution in [3.63, 3.8) is 0 Å². The minimum Gasteiger partial charge on any atom is -0.356 e. The highest BCUT2D eigenvalue weighted by Crippen LogP contribution is 2.52. The molecule has 3 aliphatic rings. The molecule has 2 aliphatic carbocycles. The monoisotopic (exact) mass is 567 g/mol. The van der Waals surface area contributed by atoms with Crippen molar-refractivity contribution in [2.24, 2.45) is 28.7 Å². The average molecular weight is 567 g/mol. The number of fused-ring (bicyclic) bond motifs is 5. The summed E-state index contributed by atoms with van der Waals surface area (Å²) in [5.41, 5.74) is 1.02. The van der Waals surface area contributed by atoms with Gasteiger partial charge >= 0.3 is 0 Å². The number of aryl methyl sites for hydroxylation is 1. The molecule has 33 heavy (non-hydrogen) atoms. The molecular weight excluding hydrogens is 533 g/mol. The molecule has 9 heteroatoms. The molecule has 4 atom stereocenters. The van der Waals surface area contributed by atoms with Gasteiger partial charge in [0.05, 0.1) is 11.8 Å². The first-order valence-corrected chi connectivity index (χ1v) is 11.7. The molecule has 0 aromatic carbocycles. The van der Waals surface area contributed by atoms with Crippen LogP contribution in [0, 0.1) is 30.6 Å². The zero-order valence-electron chi connectivity index (χ0n) is 19.3. The van der Waals surface area contributed by atoms with E-state index in [0.717, 1.165) is 31.5 Å². The van der Waals surface area contributed by atoms with Gasteiger partial charge in [0.1, 0.15) is 0 Å². The third-order valence-corrected chi connectivity index (χ3v) is 7.01. The molecule has 180 valence electrons. The summed E-state index contributed by atoms with van der Waals surface area (Å²) >= 11 is 0. The first-order chi connectivity index (χ1) is 15.5. The molecule has 2 bridgehead atoms. The maximum Gasteiger partial charge on any atom is 0.250 e. The standard InChI is InChI=1S/C24H33N5O3.HI/c1-16-7-5-8-19(30)28(16)13-4-3-11-26-24(25-2)27-12-6-14-29-22(31)20-17-9-10-18(15-17)21(20)23(29)32;/h5,7-10,17-18,20-21H,3-4,6,11-15H2,1-2H3,(H2,25,26,27);1H. The van der Waals surface area contributed by atoms with E-state index in [2.05, 4.69) is 27.8 Å². The highest BCUT2D eigenvalue weighted by atomic mass is 127. The van der Waals surface area contributed by atoms with E-state index in [1.54, 1.807) is 23.7 Å². The number of likely N-dealkylation sites (tertiary alicyclic amines) is 1. The Morgan fingerprint density at radius 1 is 0.970 bits per heavy atom. The Bertz CT molecular complexity index is 959. The fraction of sp³-hybridized carbons (Fsp3) is 0.583. The van der Waals surface area contributed by atoms with E-state index in [1.807, 2.05) is 13.0 Å². The quantitative estimate of drug-likeness (QED) is 0.119. The van der Waals surface area contributed by atoms with Crippen LogP contribution in [0.2, 0.25) is 0 Å². The van der Waals surface area contributed by atoms with Gasteiger partial charge in [0.25, 0.3) is 5.56 Å². The van der Waals surface area contributed by atoms with Gasteiger partial charge in [-0.3, -0.25) is 24.3 Å². The summed E-state index contributed by atoms with van der Waals surface area (Å²) in [5.74, 6) is 1.04. The van der Waals surface area contributed by atoms with Gasteiger partial charge in [-0.1, -0.05) is 18.2 Å². The zero-order valence-corrected chi connectivity index (χ0v) is 21.7. The van der Waals surface area contributed by atoms with Crippen molar-refractivity contribution in [3.8, 4) is 0 Å². The summed E-state index contributed by atoms with van der Waals surface area (Å²) in [5, 5.41) is 6.53. The van der Waals surface area contributed by atoms with Gasteiger partial charge in [-0.15, -0.1) is 24.0 Å². The largest absolute Gasteiger partial charge is 0.356 e. The van der Waals surface area contributed by atoms with Crippen molar-refractivity contribution in [2.45, 2.75) is 39.2 Å². The number of nitrogens with one attached hydrogen (secondary N) is 2. The Morgan fingerprint density at radius 3 is 2.21 bits per heavy atom. The number of carbonyl (C=O) groups is 2. The van der Waals surface area contributed by atoms with Crippen LogP contribution in [0.5, 0.6) is 0 Å². The van der Waals surface area contributed by atoms with Crippen molar-refractivity contribution >= 4 is 41.8 Å². The third kappa shape index (κ3) is 5.33. The summed E-state index contributed by atoms with van der Waals surface area (Å²) in [6, 6.07) is 5.32. The van der Waals surface area contributed by atoms with Gasteiger partial charge in [0, 0.05) is 45.0 Å². The number of unbranched alkanes of at least 4 members (excludes halogenated alkanes) is 1. The number of imide groups is 1. The van der Waals surface area contributed by atoms with Crippen LogP contribution < -0.4 is 16.2 Å². The fourth-order valence-corrected chi connectivity index (χ4v) is 5.36. The number of aromatic nitrogens is 1. The number of aliphatic imine (C=N–C) groups is 1. The Hall–Kier alpha value is -2.17. The van der Waals surface area contributed by atoms with Crippen molar-refractivity contribution in [1.29, 1.82) is 0 Å². The van der Waals surface area contributed by atoms with Gasteiger partial charge in [-0.25, -0.2) is 0 Å². The van der Waals surface area contributed by atoms with E-state index >= 15 is 0 Å². The molecule has 4 rings (SSSR count). The van der Waals surface area contributed by atoms with Crippen LogP contribution in [0.15, 0.2) is 40.1 Å². The number of halogens is 1. The number of rotatable bonds is 9. The number of hydrogen-bond donors (Lipinski definition) is 2. The molecule has 1 aliphatic heterocycles. The SMILES string of the molecule is CN=C(NCCCCn1c(C)cccc1=O)NCCCN1C(=O)C2C3C=CC(C3)C2C1=O.I. The van der Waals surface area contributed by atoms with Crippen molar-refractivity contribution in [3.05, 3.63) is 46.4 Å². The lowest BCUT2D eigenvalue weighted by Crippen LogP contribution is -2.40. The van der Waals surface area contributed by atoms with Crippen LogP contribution >= 0.6 is 24.0 Å². The van der Waals surface area contributed by atoms with E-state index in [0.29, 0.717) is 32.0 Å². The second-order valence-electron chi connectivity index (χ2n) is 8.97. The second-order valence-corrected chi connectivity index (χ2v) is 8.97. The predicted octanol–water partition coefficient (Wildman–Crippen LogP) is 1.92. The van der Waals surface area contributed by atoms with Gasteiger partial charge in [-0.2, -0.15) is 0 Å². The molecule has 8 nitrogen and oxygen atoms in total. The molecule has 2 amide bonds. The van der Waals surface area contributed by atoms with E-state index in [-0.39, 0.29) is 65.0 Å². The Morgan fingerprint density at radius 2 is 1.61 bits per heavy atom. The lowest BCUT2D eigenvalue weighted by Gasteiger charge is -2.18. The highest BCUT2D eigenvalue weighted by molar-refractivity contribution is 14.0. The first kappa shape index (κ1) is 25.5. The van der Waals surface area contributed by atoms with Gasteiger partial charge in [0.15, 0.2) is 5.96 Å². The number of amides is 2. The average Bonchev–Trinajstić information content (AvgIpc) is 3.46. The van der Waals surface area contributed by atoms with Crippen molar-refractivity contribution in [1.82, 2.24) is 20.1 Å². The number of hydrogen-bond acceptors (Lipinski definition) is 4. The Balaban J connectivity index is 0.00000306. The summed E-state index contributed by atoms with van der Waals surface area (Å²) in [6.07, 6.45) is 7.71. The van der Waals surface area contributed by atoms with Crippen molar-refractivity contribution in [2.75, 3.05) is 26.7 Å². The molecule has 2 fully saturated rings. The fourth-order valence-electron chi connectivity index (χ4n) is 5.36. The number of pyridine rings is 1. The summed E-state index contributed by atoms with van der Waals surface area (Å²) in [7, 11) is 1.72. The maximum absolute atomic E-state index is 12.7. The molecule has 1 saturated heterocycles. The van der Waals surface area contributed by atoms with Crippen LogP contribution in [-0.4, -0.2) is 53.9 Å². The topological polar surface area (TPSA) is 95.8 Å². The van der Waals surface area contributed by atoms with Crippen molar-refractivity contribution < 1.29 is 9.59 Å². The lowest BCUT2D eigenvalue weighted by atomic mass is 9.85. The first-order valence-electron chi connectivity index (χ1n) is 11.7. The van der Waals surface area contributed by atoms with Crippen LogP contribution in [-0.2, 0) is 16.1 Å². The smallest absolute Gasteiger partial charge is 0.250 e. The van der Waals surface area contributed by atoms with E-state index < -0.39 is 0 Å². The normalized spacial score (nSPS) is 25.4. The van der Waals surface area contributed by atoms with Crippen LogP contribution in [0.1, 0.15) is 31.4 Å². The predicted molar refractivity (Wildman–Crippen MR) is 139 cm³/mol. The number of nitrogens with zero attached hydrogens (tertiary/aromatic N) is 3. The number of guanidine groups is 1. The lowest BCUT2D eigenvalue weighted by molar-refractivity contribution is -0.140. The highest BCUT2D eigenvalue weighted by Gasteiger charge is 2.58. The molecule has 1 aromatic rings. The molecule has 2 heterocycles. The van der Waals surface area contributed by atoms with Gasteiger partial charge in [0.2, 0.25) is 11.8 Å². The number of carbonyl (C=O) groups excluding carboxylic acids is 2. The zero-order chi connectivity index (χ0) is 22.7. The molecule has 1 saturated carbocycles. The maximum atomic E-state index is 12.7. The van der Waals surface area contributed by atoms with E-state index in [9.17, 15) is 14.4 Å². The molecular formula is C24H34IN5O3. The Kier molecular flexibility index (Phi) is 8.72. The van der Waals surface area contributed by atoms with E-state index in [1.165, 1.54) is 4.90 Å². The molecule has 2 N–H and O–H groups in total. The summed E-state index contributed by atoms with van der Waals surface area (Å²) < 4.78 is 1.80. The molecule has 0 spiro atoms. The van der Waals surface area contributed by atoms with Gasteiger partial charge in [-0.05, 0) is 50.5 Å². The molecule has 0 radical (unpaired) electrons. The summed E-state index contributed by atoms with van der Waals surface area (Å²) in [6.45, 7) is 4.50. The van der Waals surface area contributed by atoms with Crippen LogP contribution in [0.3, 0.4) is 0 Å². The minimum absolute atomic E-state index is 0. The van der Waals surface area contributed by atoms with Gasteiger partial charge < -0.3 is 15.2 Å². The third-order valence-electron chi connectivity index (χ3n) is 7.01.